The highest BCUT2D eigenvalue weighted by atomic mass is 16.6. The number of carbonyl (C=O) groups is 1. The molecule has 0 bridgehead atoms. The van der Waals surface area contributed by atoms with Gasteiger partial charge in [-0.1, -0.05) is 36.4 Å². The molecule has 4 rings (SSSR count). The largest absolute Gasteiger partial charge is 0.445 e. The summed E-state index contributed by atoms with van der Waals surface area (Å²) in [6, 6.07) is 16.7. The first-order chi connectivity index (χ1) is 13.7. The van der Waals surface area contributed by atoms with Gasteiger partial charge in [0.2, 0.25) is 0 Å². The number of hydrogen-bond acceptors (Lipinski definition) is 4. The monoisotopic (exact) mass is 379 g/mol. The molecule has 1 fully saturated rings. The lowest BCUT2D eigenvalue weighted by molar-refractivity contribution is 0.0876. The molecule has 0 aromatic heterocycles. The third-order valence-electron chi connectivity index (χ3n) is 5.85. The number of benzene rings is 2. The van der Waals surface area contributed by atoms with Crippen molar-refractivity contribution >= 4 is 11.8 Å². The van der Waals surface area contributed by atoms with E-state index in [1.807, 2.05) is 37.4 Å². The second kappa shape index (κ2) is 8.65. The topological polar surface area (TPSA) is 44.8 Å². The summed E-state index contributed by atoms with van der Waals surface area (Å²) in [6.07, 6.45) is 2.91. The number of rotatable bonds is 4. The molecule has 0 spiro atoms. The first-order valence-electron chi connectivity index (χ1n) is 10.2. The molecule has 1 saturated heterocycles. The van der Waals surface area contributed by atoms with Gasteiger partial charge in [-0.05, 0) is 48.1 Å². The Bertz CT molecular complexity index is 803. The van der Waals surface area contributed by atoms with Crippen molar-refractivity contribution in [2.45, 2.75) is 31.9 Å². The van der Waals surface area contributed by atoms with E-state index in [2.05, 4.69) is 28.4 Å². The minimum atomic E-state index is -0.255. The average molecular weight is 380 g/mol. The van der Waals surface area contributed by atoms with Crippen LogP contribution in [0.15, 0.2) is 48.5 Å². The van der Waals surface area contributed by atoms with Crippen LogP contribution in [0.3, 0.4) is 0 Å². The van der Waals surface area contributed by atoms with Crippen LogP contribution in [-0.4, -0.2) is 44.2 Å². The van der Waals surface area contributed by atoms with Crippen LogP contribution in [0.4, 0.5) is 10.5 Å². The molecule has 28 heavy (non-hydrogen) atoms. The van der Waals surface area contributed by atoms with Crippen LogP contribution in [0.2, 0.25) is 0 Å². The average Bonchev–Trinajstić information content (AvgIpc) is 2.77. The molecule has 1 N–H and O–H groups in total. The molecule has 0 saturated carbocycles. The lowest BCUT2D eigenvalue weighted by Crippen LogP contribution is -2.43. The Kier molecular flexibility index (Phi) is 5.81. The van der Waals surface area contributed by atoms with E-state index in [4.69, 9.17) is 4.74 Å². The lowest BCUT2D eigenvalue weighted by atomic mass is 9.86. The highest BCUT2D eigenvalue weighted by Crippen LogP contribution is 2.36. The van der Waals surface area contributed by atoms with Crippen molar-refractivity contribution in [1.29, 1.82) is 0 Å². The van der Waals surface area contributed by atoms with Crippen LogP contribution in [0.1, 0.15) is 35.6 Å². The number of piperazine rings is 1. The quantitative estimate of drug-likeness (QED) is 0.879. The van der Waals surface area contributed by atoms with Gasteiger partial charge in [-0.25, -0.2) is 4.79 Å². The molecule has 5 heteroatoms. The van der Waals surface area contributed by atoms with E-state index in [-0.39, 0.29) is 12.1 Å². The van der Waals surface area contributed by atoms with Crippen molar-refractivity contribution in [1.82, 2.24) is 10.2 Å². The SMILES string of the molecule is CN(C(=O)OCc1ccccc1)C1CCCc2ccc(N3CCNCC3)cc21. The van der Waals surface area contributed by atoms with E-state index in [0.717, 1.165) is 51.0 Å². The van der Waals surface area contributed by atoms with Crippen molar-refractivity contribution < 1.29 is 9.53 Å². The fourth-order valence-electron chi connectivity index (χ4n) is 4.23. The number of hydrogen-bond donors (Lipinski definition) is 1. The first-order valence-corrected chi connectivity index (χ1v) is 10.2. The van der Waals surface area contributed by atoms with E-state index in [1.165, 1.54) is 16.8 Å². The maximum absolute atomic E-state index is 12.7. The van der Waals surface area contributed by atoms with Gasteiger partial charge in [-0.3, -0.25) is 0 Å². The lowest BCUT2D eigenvalue weighted by Gasteiger charge is -2.35. The third-order valence-corrected chi connectivity index (χ3v) is 5.85. The minimum absolute atomic E-state index is 0.0786. The van der Waals surface area contributed by atoms with Crippen LogP contribution >= 0.6 is 0 Å². The van der Waals surface area contributed by atoms with Crippen LogP contribution in [0.25, 0.3) is 0 Å². The summed E-state index contributed by atoms with van der Waals surface area (Å²) in [5.74, 6) is 0. The number of nitrogens with one attached hydrogen (secondary N) is 1. The Hall–Kier alpha value is -2.53. The van der Waals surface area contributed by atoms with Crippen molar-refractivity contribution in [2.24, 2.45) is 0 Å². The number of anilines is 1. The third kappa shape index (κ3) is 4.14. The highest BCUT2D eigenvalue weighted by molar-refractivity contribution is 5.68. The molecule has 1 heterocycles. The Morgan fingerprint density at radius 3 is 2.75 bits per heavy atom. The minimum Gasteiger partial charge on any atom is -0.445 e. The normalized spacial score (nSPS) is 19.0. The molecule has 0 radical (unpaired) electrons. The summed E-state index contributed by atoms with van der Waals surface area (Å²) in [7, 11) is 1.87. The first kappa shape index (κ1) is 18.8. The number of fused-ring (bicyclic) bond motifs is 1. The Labute approximate surface area is 167 Å². The van der Waals surface area contributed by atoms with E-state index in [1.54, 1.807) is 4.90 Å². The molecule has 5 nitrogen and oxygen atoms in total. The standard InChI is InChI=1S/C23H29N3O2/c1-25(23(27)28-17-18-6-3-2-4-7-18)22-9-5-8-19-10-11-20(16-21(19)22)26-14-12-24-13-15-26/h2-4,6-7,10-11,16,22,24H,5,8-9,12-15,17H2,1H3. The number of carbonyl (C=O) groups excluding carboxylic acids is 1. The van der Waals surface area contributed by atoms with Gasteiger partial charge in [0.25, 0.3) is 0 Å². The smallest absolute Gasteiger partial charge is 0.410 e. The van der Waals surface area contributed by atoms with Crippen molar-refractivity contribution in [3.63, 3.8) is 0 Å². The Balaban J connectivity index is 1.48. The molecule has 148 valence electrons. The zero-order chi connectivity index (χ0) is 19.3. The van der Waals surface area contributed by atoms with Crippen molar-refractivity contribution in [2.75, 3.05) is 38.1 Å². The maximum atomic E-state index is 12.7. The van der Waals surface area contributed by atoms with E-state index in [0.29, 0.717) is 6.61 Å². The van der Waals surface area contributed by atoms with Gasteiger partial charge in [-0.15, -0.1) is 0 Å². The molecular formula is C23H29N3O2. The summed E-state index contributed by atoms with van der Waals surface area (Å²) in [5.41, 5.74) is 4.91. The summed E-state index contributed by atoms with van der Waals surface area (Å²) in [5, 5.41) is 3.41. The van der Waals surface area contributed by atoms with Crippen molar-refractivity contribution in [3.05, 3.63) is 65.2 Å². The van der Waals surface area contributed by atoms with E-state index in [9.17, 15) is 4.79 Å². The zero-order valence-corrected chi connectivity index (χ0v) is 16.6. The Morgan fingerprint density at radius 2 is 1.96 bits per heavy atom. The van der Waals surface area contributed by atoms with Gasteiger partial charge in [-0.2, -0.15) is 0 Å². The fraction of sp³-hybridized carbons (Fsp3) is 0.435. The maximum Gasteiger partial charge on any atom is 0.410 e. The second-order valence-electron chi connectivity index (χ2n) is 7.68. The zero-order valence-electron chi connectivity index (χ0n) is 16.6. The molecule has 1 amide bonds. The van der Waals surface area contributed by atoms with E-state index >= 15 is 0 Å². The molecular weight excluding hydrogens is 350 g/mol. The molecule has 2 aliphatic rings. The number of nitrogens with zero attached hydrogens (tertiary/aromatic N) is 2. The van der Waals surface area contributed by atoms with Gasteiger partial charge < -0.3 is 19.9 Å². The molecule has 2 aromatic carbocycles. The van der Waals surface area contributed by atoms with Crippen LogP contribution in [-0.2, 0) is 17.8 Å². The number of ether oxygens (including phenoxy) is 1. The second-order valence-corrected chi connectivity index (χ2v) is 7.68. The molecule has 2 aromatic rings. The molecule has 1 aliphatic carbocycles. The fourth-order valence-corrected chi connectivity index (χ4v) is 4.23. The predicted octanol–water partition coefficient (Wildman–Crippen LogP) is 3.74. The summed E-state index contributed by atoms with van der Waals surface area (Å²) in [4.78, 5) is 16.9. The highest BCUT2D eigenvalue weighted by Gasteiger charge is 2.28. The predicted molar refractivity (Wildman–Crippen MR) is 112 cm³/mol. The molecule has 1 unspecified atom stereocenters. The number of aryl methyl sites for hydroxylation is 1. The van der Waals surface area contributed by atoms with Gasteiger partial charge in [0.05, 0.1) is 6.04 Å². The molecule has 1 atom stereocenters. The Morgan fingerprint density at radius 1 is 1.18 bits per heavy atom. The molecule has 1 aliphatic heterocycles. The summed E-state index contributed by atoms with van der Waals surface area (Å²) in [6.45, 7) is 4.40. The van der Waals surface area contributed by atoms with Crippen molar-refractivity contribution in [3.8, 4) is 0 Å². The van der Waals surface area contributed by atoms with Gasteiger partial charge in [0.15, 0.2) is 0 Å². The summed E-state index contributed by atoms with van der Waals surface area (Å²) < 4.78 is 5.57. The van der Waals surface area contributed by atoms with Crippen LogP contribution < -0.4 is 10.2 Å². The van der Waals surface area contributed by atoms with Crippen LogP contribution in [0.5, 0.6) is 0 Å². The van der Waals surface area contributed by atoms with E-state index < -0.39 is 0 Å². The summed E-state index contributed by atoms with van der Waals surface area (Å²) >= 11 is 0. The van der Waals surface area contributed by atoms with Crippen LogP contribution in [0, 0.1) is 0 Å². The number of amides is 1. The van der Waals surface area contributed by atoms with Gasteiger partial charge in [0.1, 0.15) is 6.61 Å². The van der Waals surface area contributed by atoms with Gasteiger partial charge in [0, 0.05) is 38.9 Å². The van der Waals surface area contributed by atoms with Gasteiger partial charge >= 0.3 is 6.09 Å².